The molecule has 26 heavy (non-hydrogen) atoms. The van der Waals surface area contributed by atoms with Crippen LogP contribution >= 0.6 is 0 Å². The molecule has 0 spiro atoms. The minimum atomic E-state index is -3.45. The topological polar surface area (TPSA) is 66.5 Å². The molecule has 2 aromatic carbocycles. The molecule has 0 heterocycles. The van der Waals surface area contributed by atoms with Crippen molar-refractivity contribution >= 4 is 21.6 Å². The number of benzene rings is 2. The number of hydrogen-bond acceptors (Lipinski definition) is 3. The summed E-state index contributed by atoms with van der Waals surface area (Å²) >= 11 is 0. The van der Waals surface area contributed by atoms with Gasteiger partial charge in [-0.25, -0.2) is 17.5 Å². The smallest absolute Gasteiger partial charge is 0.240 e. The Labute approximate surface area is 152 Å². The summed E-state index contributed by atoms with van der Waals surface area (Å²) in [6, 6.07) is 12.4. The van der Waals surface area contributed by atoms with Crippen molar-refractivity contribution in [2.24, 2.45) is 0 Å². The van der Waals surface area contributed by atoms with Gasteiger partial charge in [0.05, 0.1) is 4.90 Å². The van der Waals surface area contributed by atoms with Crippen molar-refractivity contribution in [3.05, 3.63) is 59.9 Å². The number of nitrogens with zero attached hydrogens (tertiary/aromatic N) is 1. The molecule has 3 rings (SSSR count). The molecule has 138 valence electrons. The summed E-state index contributed by atoms with van der Waals surface area (Å²) < 4.78 is 39.9. The number of rotatable bonds is 7. The quantitative estimate of drug-likeness (QED) is 0.808. The average molecular weight is 376 g/mol. The van der Waals surface area contributed by atoms with E-state index in [-0.39, 0.29) is 29.1 Å². The number of sulfonamides is 1. The van der Waals surface area contributed by atoms with Crippen molar-refractivity contribution in [2.75, 3.05) is 11.9 Å². The van der Waals surface area contributed by atoms with Crippen LogP contribution in [0.3, 0.4) is 0 Å². The molecule has 0 aliphatic heterocycles. The maximum Gasteiger partial charge on any atom is 0.240 e. The van der Waals surface area contributed by atoms with Crippen LogP contribution < -0.4 is 9.62 Å². The van der Waals surface area contributed by atoms with Crippen LogP contribution in [-0.4, -0.2) is 27.4 Å². The fraction of sp³-hybridized carbons (Fsp3) is 0.316. The molecule has 0 saturated heterocycles. The molecule has 1 aliphatic carbocycles. The number of halogens is 1. The van der Waals surface area contributed by atoms with E-state index in [1.54, 1.807) is 43.4 Å². The molecule has 2 aromatic rings. The van der Waals surface area contributed by atoms with E-state index in [0.29, 0.717) is 12.1 Å². The highest BCUT2D eigenvalue weighted by Gasteiger charge is 2.27. The van der Waals surface area contributed by atoms with Crippen molar-refractivity contribution < 1.29 is 17.6 Å². The zero-order chi connectivity index (χ0) is 18.7. The Morgan fingerprint density at radius 2 is 1.73 bits per heavy atom. The van der Waals surface area contributed by atoms with Crippen LogP contribution in [0.25, 0.3) is 0 Å². The Bertz CT molecular complexity index is 876. The second-order valence-corrected chi connectivity index (χ2v) is 8.18. The van der Waals surface area contributed by atoms with Gasteiger partial charge in [0, 0.05) is 25.2 Å². The minimum absolute atomic E-state index is 0.0688. The number of hydrogen-bond donors (Lipinski definition) is 1. The molecule has 1 saturated carbocycles. The van der Waals surface area contributed by atoms with Crippen LogP contribution in [0.4, 0.5) is 10.1 Å². The minimum Gasteiger partial charge on any atom is -0.315 e. The summed E-state index contributed by atoms with van der Waals surface area (Å²) in [5, 5.41) is 0. The van der Waals surface area contributed by atoms with Gasteiger partial charge in [0.2, 0.25) is 15.9 Å². The summed E-state index contributed by atoms with van der Waals surface area (Å²) in [4.78, 5) is 14.0. The highest BCUT2D eigenvalue weighted by molar-refractivity contribution is 7.89. The molecule has 1 aliphatic rings. The number of carbonyl (C=O) groups excluding carboxylic acids is 1. The van der Waals surface area contributed by atoms with E-state index in [0.717, 1.165) is 18.4 Å². The van der Waals surface area contributed by atoms with Gasteiger partial charge in [-0.15, -0.1) is 0 Å². The largest absolute Gasteiger partial charge is 0.315 e. The molecule has 1 fully saturated rings. The predicted octanol–water partition coefficient (Wildman–Crippen LogP) is 2.86. The normalized spacial score (nSPS) is 14.2. The zero-order valence-corrected chi connectivity index (χ0v) is 15.3. The fourth-order valence-corrected chi connectivity index (χ4v) is 3.86. The van der Waals surface area contributed by atoms with Crippen molar-refractivity contribution in [3.8, 4) is 0 Å². The van der Waals surface area contributed by atoms with Crippen molar-refractivity contribution in [1.82, 2.24) is 4.72 Å². The van der Waals surface area contributed by atoms with Crippen LogP contribution in [0.5, 0.6) is 0 Å². The van der Waals surface area contributed by atoms with E-state index in [1.165, 1.54) is 17.0 Å². The predicted molar refractivity (Wildman–Crippen MR) is 97.9 cm³/mol. The third-order valence-electron chi connectivity index (χ3n) is 4.35. The average Bonchev–Trinajstić information content (AvgIpc) is 3.43. The summed E-state index contributed by atoms with van der Waals surface area (Å²) in [5.41, 5.74) is 1.51. The molecular weight excluding hydrogens is 355 g/mol. The first-order valence-electron chi connectivity index (χ1n) is 8.48. The van der Waals surface area contributed by atoms with Gasteiger partial charge in [-0.2, -0.15) is 0 Å². The van der Waals surface area contributed by atoms with Gasteiger partial charge < -0.3 is 4.90 Å². The maximum atomic E-state index is 13.0. The molecule has 1 N–H and O–H groups in total. The first-order valence-corrected chi connectivity index (χ1v) is 9.97. The summed E-state index contributed by atoms with van der Waals surface area (Å²) in [6.45, 7) is 0. The first-order chi connectivity index (χ1) is 12.3. The third kappa shape index (κ3) is 4.68. The number of aryl methyl sites for hydroxylation is 1. The van der Waals surface area contributed by atoms with Gasteiger partial charge >= 0.3 is 0 Å². The molecule has 0 unspecified atom stereocenters. The van der Waals surface area contributed by atoms with E-state index in [2.05, 4.69) is 4.72 Å². The van der Waals surface area contributed by atoms with Crippen molar-refractivity contribution in [2.45, 2.75) is 36.6 Å². The van der Waals surface area contributed by atoms with Crippen molar-refractivity contribution in [1.29, 1.82) is 0 Å². The van der Waals surface area contributed by atoms with Gasteiger partial charge in [0.15, 0.2) is 0 Å². The lowest BCUT2D eigenvalue weighted by Gasteiger charge is -2.17. The Hall–Kier alpha value is -2.25. The summed E-state index contributed by atoms with van der Waals surface area (Å²) in [7, 11) is -1.81. The SMILES string of the molecule is CN(C(=O)CCc1ccc(S(=O)(=O)NC2CC2)cc1)c1ccc(F)cc1. The van der Waals surface area contributed by atoms with Crippen LogP contribution in [0.2, 0.25) is 0 Å². The van der Waals surface area contributed by atoms with E-state index < -0.39 is 10.0 Å². The lowest BCUT2D eigenvalue weighted by atomic mass is 10.1. The van der Waals surface area contributed by atoms with Crippen molar-refractivity contribution in [3.63, 3.8) is 0 Å². The molecule has 7 heteroatoms. The number of carbonyl (C=O) groups is 1. The Morgan fingerprint density at radius 3 is 2.31 bits per heavy atom. The first kappa shape index (κ1) is 18.5. The maximum absolute atomic E-state index is 13.0. The lowest BCUT2D eigenvalue weighted by Crippen LogP contribution is -2.26. The molecule has 0 atom stereocenters. The molecular formula is C19H21FN2O3S. The number of nitrogens with one attached hydrogen (secondary N) is 1. The standard InChI is InChI=1S/C19H21FN2O3S/c1-22(17-9-5-15(20)6-10-17)19(23)13-4-14-2-11-18(12-3-14)26(24,25)21-16-7-8-16/h2-3,5-6,9-12,16,21H,4,7-8,13H2,1H3. The van der Waals surface area contributed by atoms with E-state index >= 15 is 0 Å². The highest BCUT2D eigenvalue weighted by atomic mass is 32.2. The Morgan fingerprint density at radius 1 is 1.12 bits per heavy atom. The fourth-order valence-electron chi connectivity index (χ4n) is 2.55. The Balaban J connectivity index is 1.57. The van der Waals surface area contributed by atoms with E-state index in [4.69, 9.17) is 0 Å². The van der Waals surface area contributed by atoms with Gasteiger partial charge in [-0.1, -0.05) is 12.1 Å². The zero-order valence-electron chi connectivity index (χ0n) is 14.5. The van der Waals surface area contributed by atoms with E-state index in [1.807, 2.05) is 0 Å². The van der Waals surface area contributed by atoms with Gasteiger partial charge in [0.25, 0.3) is 0 Å². The van der Waals surface area contributed by atoms with Crippen LogP contribution in [0, 0.1) is 5.82 Å². The lowest BCUT2D eigenvalue weighted by molar-refractivity contribution is -0.118. The molecule has 0 radical (unpaired) electrons. The van der Waals surface area contributed by atoms with E-state index in [9.17, 15) is 17.6 Å². The van der Waals surface area contributed by atoms with Gasteiger partial charge in [-0.05, 0) is 61.2 Å². The molecule has 0 aromatic heterocycles. The second kappa shape index (κ2) is 7.55. The molecule has 5 nitrogen and oxygen atoms in total. The molecule has 1 amide bonds. The van der Waals surface area contributed by atoms with Gasteiger partial charge in [0.1, 0.15) is 5.82 Å². The second-order valence-electron chi connectivity index (χ2n) is 6.47. The third-order valence-corrected chi connectivity index (χ3v) is 5.88. The summed E-state index contributed by atoms with van der Waals surface area (Å²) in [6.07, 6.45) is 2.56. The number of amides is 1. The van der Waals surface area contributed by atoms with Crippen LogP contribution in [-0.2, 0) is 21.2 Å². The van der Waals surface area contributed by atoms with Gasteiger partial charge in [-0.3, -0.25) is 4.79 Å². The van der Waals surface area contributed by atoms with Crippen LogP contribution in [0.15, 0.2) is 53.4 Å². The Kier molecular flexibility index (Phi) is 5.38. The molecule has 0 bridgehead atoms. The highest BCUT2D eigenvalue weighted by Crippen LogP contribution is 2.22. The monoisotopic (exact) mass is 376 g/mol. The number of anilines is 1. The summed E-state index contributed by atoms with van der Waals surface area (Å²) in [5.74, 6) is -0.440. The van der Waals surface area contributed by atoms with Crippen LogP contribution in [0.1, 0.15) is 24.8 Å².